The summed E-state index contributed by atoms with van der Waals surface area (Å²) >= 11 is 0. The van der Waals surface area contributed by atoms with E-state index < -0.39 is 0 Å². The Morgan fingerprint density at radius 1 is 1.21 bits per heavy atom. The molecule has 0 aliphatic carbocycles. The monoisotopic (exact) mass is 260 g/mol. The van der Waals surface area contributed by atoms with Gasteiger partial charge in [0.05, 0.1) is 0 Å². The Morgan fingerprint density at radius 2 is 1.84 bits per heavy atom. The van der Waals surface area contributed by atoms with Gasteiger partial charge in [-0.15, -0.1) is 0 Å². The molecule has 1 aliphatic heterocycles. The molecule has 1 N–H and O–H groups in total. The molecule has 1 aromatic carbocycles. The Labute approximate surface area is 118 Å². The second-order valence-corrected chi connectivity index (χ2v) is 6.18. The minimum atomic E-state index is 0.288. The topological polar surface area (TPSA) is 15.3 Å². The van der Waals surface area contributed by atoms with Gasteiger partial charge >= 0.3 is 0 Å². The fourth-order valence-corrected chi connectivity index (χ4v) is 2.83. The smallest absolute Gasteiger partial charge is 0.0307 e. The first-order valence-electron chi connectivity index (χ1n) is 7.63. The van der Waals surface area contributed by atoms with E-state index in [1.165, 1.54) is 17.5 Å². The van der Waals surface area contributed by atoms with Crippen LogP contribution < -0.4 is 5.32 Å². The highest BCUT2D eigenvalue weighted by Crippen LogP contribution is 2.25. The lowest BCUT2D eigenvalue weighted by molar-refractivity contribution is 0.0453. The molecule has 2 nitrogen and oxygen atoms in total. The molecule has 0 saturated carbocycles. The van der Waals surface area contributed by atoms with Crippen LogP contribution in [0.5, 0.6) is 0 Å². The molecule has 0 spiro atoms. The van der Waals surface area contributed by atoms with E-state index >= 15 is 0 Å². The van der Waals surface area contributed by atoms with Gasteiger partial charge in [-0.25, -0.2) is 0 Å². The summed E-state index contributed by atoms with van der Waals surface area (Å²) in [7, 11) is 0. The van der Waals surface area contributed by atoms with Gasteiger partial charge in [-0.3, -0.25) is 4.90 Å². The van der Waals surface area contributed by atoms with Crippen molar-refractivity contribution in [3.05, 3.63) is 35.4 Å². The largest absolute Gasteiger partial charge is 0.311 e. The Morgan fingerprint density at radius 3 is 2.42 bits per heavy atom. The van der Waals surface area contributed by atoms with Gasteiger partial charge in [0.15, 0.2) is 0 Å². The van der Waals surface area contributed by atoms with Crippen molar-refractivity contribution in [1.29, 1.82) is 0 Å². The number of hydrogen-bond acceptors (Lipinski definition) is 2. The van der Waals surface area contributed by atoms with E-state index in [1.807, 2.05) is 0 Å². The average molecular weight is 260 g/mol. The zero-order valence-electron chi connectivity index (χ0n) is 12.9. The van der Waals surface area contributed by atoms with Crippen LogP contribution in [-0.4, -0.2) is 29.6 Å². The molecule has 1 fully saturated rings. The number of aryl methyl sites for hydroxylation is 1. The molecule has 1 saturated heterocycles. The number of piperazine rings is 1. The standard InChI is InChI=1S/C17H28N2/c1-5-15-7-9-16(10-8-15)12-19-11-14(3)18-13-17(19,4)6-2/h7-10,14,18H,5-6,11-13H2,1-4H3. The normalized spacial score (nSPS) is 28.5. The van der Waals surface area contributed by atoms with Gasteiger partial charge in [0.1, 0.15) is 0 Å². The summed E-state index contributed by atoms with van der Waals surface area (Å²) in [5.41, 5.74) is 3.15. The van der Waals surface area contributed by atoms with Crippen molar-refractivity contribution in [2.75, 3.05) is 13.1 Å². The maximum absolute atomic E-state index is 3.62. The molecular formula is C17H28N2. The molecule has 1 aliphatic rings. The van der Waals surface area contributed by atoms with Gasteiger partial charge in [0.25, 0.3) is 0 Å². The van der Waals surface area contributed by atoms with Gasteiger partial charge in [-0.2, -0.15) is 0 Å². The van der Waals surface area contributed by atoms with Crippen molar-refractivity contribution in [3.63, 3.8) is 0 Å². The lowest BCUT2D eigenvalue weighted by atomic mass is 9.91. The summed E-state index contributed by atoms with van der Waals surface area (Å²) in [5, 5.41) is 3.62. The van der Waals surface area contributed by atoms with Crippen LogP contribution >= 0.6 is 0 Å². The van der Waals surface area contributed by atoms with Crippen LogP contribution in [0.3, 0.4) is 0 Å². The van der Waals surface area contributed by atoms with E-state index in [0.29, 0.717) is 6.04 Å². The summed E-state index contributed by atoms with van der Waals surface area (Å²) in [4.78, 5) is 2.65. The molecule has 0 bridgehead atoms. The summed E-state index contributed by atoms with van der Waals surface area (Å²) in [6, 6.07) is 9.71. The molecule has 2 unspecified atom stereocenters. The number of rotatable bonds is 4. The van der Waals surface area contributed by atoms with Crippen LogP contribution in [0.4, 0.5) is 0 Å². The highest BCUT2D eigenvalue weighted by Gasteiger charge is 2.34. The van der Waals surface area contributed by atoms with Crippen molar-refractivity contribution in [3.8, 4) is 0 Å². The maximum Gasteiger partial charge on any atom is 0.0307 e. The van der Waals surface area contributed by atoms with Crippen LogP contribution in [0.1, 0.15) is 45.2 Å². The third-order valence-corrected chi connectivity index (χ3v) is 4.66. The molecule has 0 amide bonds. The summed E-state index contributed by atoms with van der Waals surface area (Å²) in [6.45, 7) is 12.5. The summed E-state index contributed by atoms with van der Waals surface area (Å²) in [6.07, 6.45) is 2.32. The Bertz CT molecular complexity index is 398. The number of hydrogen-bond donors (Lipinski definition) is 1. The van der Waals surface area contributed by atoms with E-state index in [4.69, 9.17) is 0 Å². The van der Waals surface area contributed by atoms with E-state index in [0.717, 1.165) is 26.1 Å². The van der Waals surface area contributed by atoms with Crippen LogP contribution in [-0.2, 0) is 13.0 Å². The molecule has 2 atom stereocenters. The SMILES string of the molecule is CCc1ccc(CN2CC(C)NCC2(C)CC)cc1. The van der Waals surface area contributed by atoms with Crippen molar-refractivity contribution in [2.45, 2.75) is 58.7 Å². The molecule has 1 aromatic rings. The number of benzene rings is 1. The predicted molar refractivity (Wildman–Crippen MR) is 82.4 cm³/mol. The Balaban J connectivity index is 2.09. The third kappa shape index (κ3) is 3.37. The molecule has 1 heterocycles. The zero-order chi connectivity index (χ0) is 13.9. The molecule has 2 heteroatoms. The fourth-order valence-electron chi connectivity index (χ4n) is 2.83. The first-order valence-corrected chi connectivity index (χ1v) is 7.63. The zero-order valence-corrected chi connectivity index (χ0v) is 12.9. The van der Waals surface area contributed by atoms with Crippen molar-refractivity contribution in [2.24, 2.45) is 0 Å². The van der Waals surface area contributed by atoms with Crippen LogP contribution in [0.2, 0.25) is 0 Å². The van der Waals surface area contributed by atoms with E-state index in [9.17, 15) is 0 Å². The van der Waals surface area contributed by atoms with Gasteiger partial charge in [0.2, 0.25) is 0 Å². The first kappa shape index (κ1) is 14.5. The van der Waals surface area contributed by atoms with Gasteiger partial charge < -0.3 is 5.32 Å². The average Bonchev–Trinajstić information content (AvgIpc) is 2.44. The highest BCUT2D eigenvalue weighted by atomic mass is 15.3. The minimum Gasteiger partial charge on any atom is -0.311 e. The molecular weight excluding hydrogens is 232 g/mol. The van der Waals surface area contributed by atoms with Crippen LogP contribution in [0.25, 0.3) is 0 Å². The molecule has 19 heavy (non-hydrogen) atoms. The number of nitrogens with one attached hydrogen (secondary N) is 1. The third-order valence-electron chi connectivity index (χ3n) is 4.66. The summed E-state index contributed by atoms with van der Waals surface area (Å²) < 4.78 is 0. The molecule has 106 valence electrons. The van der Waals surface area contributed by atoms with E-state index in [1.54, 1.807) is 0 Å². The maximum atomic E-state index is 3.62. The minimum absolute atomic E-state index is 0.288. The van der Waals surface area contributed by atoms with Crippen LogP contribution in [0.15, 0.2) is 24.3 Å². The van der Waals surface area contributed by atoms with E-state index in [-0.39, 0.29) is 5.54 Å². The van der Waals surface area contributed by atoms with Gasteiger partial charge in [0, 0.05) is 31.2 Å². The quantitative estimate of drug-likeness (QED) is 0.894. The second-order valence-electron chi connectivity index (χ2n) is 6.18. The molecule has 2 rings (SSSR count). The Kier molecular flexibility index (Phi) is 4.64. The lowest BCUT2D eigenvalue weighted by Gasteiger charge is -2.47. The predicted octanol–water partition coefficient (Wildman–Crippen LogP) is 3.21. The van der Waals surface area contributed by atoms with Crippen molar-refractivity contribution < 1.29 is 0 Å². The Hall–Kier alpha value is -0.860. The lowest BCUT2D eigenvalue weighted by Crippen LogP contribution is -2.61. The van der Waals surface area contributed by atoms with Crippen molar-refractivity contribution >= 4 is 0 Å². The summed E-state index contributed by atoms with van der Waals surface area (Å²) in [5.74, 6) is 0. The van der Waals surface area contributed by atoms with Gasteiger partial charge in [-0.1, -0.05) is 38.1 Å². The molecule has 0 aromatic heterocycles. The van der Waals surface area contributed by atoms with E-state index in [2.05, 4.69) is 62.2 Å². The molecule has 0 radical (unpaired) electrons. The van der Waals surface area contributed by atoms with Crippen molar-refractivity contribution in [1.82, 2.24) is 10.2 Å². The highest BCUT2D eigenvalue weighted by molar-refractivity contribution is 5.22. The van der Waals surface area contributed by atoms with Crippen LogP contribution in [0, 0.1) is 0 Å². The number of nitrogens with zero attached hydrogens (tertiary/aromatic N) is 1. The first-order chi connectivity index (χ1) is 9.07. The van der Waals surface area contributed by atoms with Gasteiger partial charge in [-0.05, 0) is 37.8 Å². The fraction of sp³-hybridized carbons (Fsp3) is 0.647. The second kappa shape index (κ2) is 6.06.